The van der Waals surface area contributed by atoms with Crippen LogP contribution in [0.5, 0.6) is 6.01 Å². The molecular formula is C39H39F5N6O4. The molecule has 3 atom stereocenters. The van der Waals surface area contributed by atoms with E-state index < -0.39 is 41.3 Å². The lowest BCUT2D eigenvalue weighted by atomic mass is 9.94. The first-order valence-electron chi connectivity index (χ1n) is 18.1. The lowest BCUT2D eigenvalue weighted by Gasteiger charge is -2.41. The van der Waals surface area contributed by atoms with Crippen LogP contribution in [0.1, 0.15) is 57.7 Å². The highest BCUT2D eigenvalue weighted by molar-refractivity contribution is 6.02. The van der Waals surface area contributed by atoms with E-state index >= 15 is 8.78 Å². The van der Waals surface area contributed by atoms with Crippen molar-refractivity contribution >= 4 is 33.6 Å². The van der Waals surface area contributed by atoms with Crippen LogP contribution in [0.4, 0.5) is 32.6 Å². The summed E-state index contributed by atoms with van der Waals surface area (Å²) in [4.78, 5) is 33.1. The van der Waals surface area contributed by atoms with Crippen molar-refractivity contribution in [3.05, 3.63) is 53.2 Å². The number of piperazine rings is 1. The van der Waals surface area contributed by atoms with Crippen LogP contribution in [0.3, 0.4) is 0 Å². The first-order valence-corrected chi connectivity index (χ1v) is 18.1. The number of fused-ring (bicyclic) bond motifs is 4. The van der Waals surface area contributed by atoms with Crippen molar-refractivity contribution in [3.8, 4) is 29.6 Å². The number of anilines is 1. The molecule has 4 aromatic rings. The molecule has 4 aliphatic rings. The molecule has 0 bridgehead atoms. The molecule has 2 aromatic heterocycles. The van der Waals surface area contributed by atoms with Crippen LogP contribution >= 0.6 is 0 Å². The molecule has 0 spiro atoms. The number of terminal acetylenes is 1. The van der Waals surface area contributed by atoms with Crippen LogP contribution in [-0.4, -0.2) is 99.8 Å². The van der Waals surface area contributed by atoms with Crippen LogP contribution in [0, 0.1) is 24.0 Å². The number of hydrogen-bond acceptors (Lipinski definition) is 9. The Morgan fingerprint density at radius 1 is 1.04 bits per heavy atom. The summed E-state index contributed by atoms with van der Waals surface area (Å²) in [6.45, 7) is 7.04. The van der Waals surface area contributed by atoms with E-state index in [1.165, 1.54) is 6.07 Å². The second kappa shape index (κ2) is 13.2. The van der Waals surface area contributed by atoms with Crippen molar-refractivity contribution in [1.29, 1.82) is 0 Å². The molecule has 2 aromatic carbocycles. The lowest BCUT2D eigenvalue weighted by molar-refractivity contribution is -0.340. The number of amides is 1. The molecule has 284 valence electrons. The molecule has 3 fully saturated rings. The average molecular weight is 751 g/mol. The van der Waals surface area contributed by atoms with Gasteiger partial charge in [-0.3, -0.25) is 9.64 Å². The van der Waals surface area contributed by atoms with Crippen molar-refractivity contribution in [3.63, 3.8) is 0 Å². The van der Waals surface area contributed by atoms with Crippen molar-refractivity contribution in [2.75, 3.05) is 44.2 Å². The van der Waals surface area contributed by atoms with Gasteiger partial charge in [-0.2, -0.15) is 9.97 Å². The van der Waals surface area contributed by atoms with E-state index in [0.29, 0.717) is 78.7 Å². The smallest absolute Gasteiger partial charge is 0.461 e. The maximum atomic E-state index is 17.2. The van der Waals surface area contributed by atoms with Gasteiger partial charge in [-0.25, -0.2) is 18.6 Å². The molecule has 0 aliphatic carbocycles. The first kappa shape index (κ1) is 36.2. The van der Waals surface area contributed by atoms with E-state index in [1.807, 2.05) is 9.80 Å². The monoisotopic (exact) mass is 750 g/mol. The standard InChI is InChI=1S/C39H39F5N6O4/c1-5-25-27(40)12-10-22-8-6-9-26(29(22)25)32-31(41)33-30-28(45-32)13-11-23-19-48(36(51)54-37(2,3)4)16-17-50(23)34(30)47-35(46-33)52-21-38-14-7-15-49(38)20-24(18-38)53-39(42,43)44/h1,6,8-10,12,23-24H,7,11,13-21H2,2-4H3/t23-,24-,38-/m1/s1. The van der Waals surface area contributed by atoms with Gasteiger partial charge in [-0.1, -0.05) is 30.2 Å². The molecule has 0 radical (unpaired) electrons. The minimum Gasteiger partial charge on any atom is -0.461 e. The zero-order valence-corrected chi connectivity index (χ0v) is 30.1. The number of halogens is 5. The number of nitrogens with zero attached hydrogens (tertiary/aromatic N) is 6. The molecule has 10 nitrogen and oxygen atoms in total. The molecule has 8 rings (SSSR count). The van der Waals surface area contributed by atoms with E-state index in [4.69, 9.17) is 25.9 Å². The van der Waals surface area contributed by atoms with Crippen molar-refractivity contribution in [1.82, 2.24) is 24.8 Å². The third-order valence-corrected chi connectivity index (χ3v) is 10.9. The van der Waals surface area contributed by atoms with Gasteiger partial charge < -0.3 is 19.3 Å². The van der Waals surface area contributed by atoms with E-state index in [9.17, 15) is 18.0 Å². The minimum atomic E-state index is -4.77. The SMILES string of the molecule is C#Cc1c(F)ccc2cccc(-c3nc4c5c(nc(OC[C@]67CCCN6C[C@H](OC(F)(F)F)C7)nc5c3F)N3CCN(C(=O)OC(C)(C)C)C[C@H]3CC4)c12. The minimum absolute atomic E-state index is 0.0215. The summed E-state index contributed by atoms with van der Waals surface area (Å²) in [5, 5.41) is 1.33. The van der Waals surface area contributed by atoms with Crippen molar-refractivity contribution in [2.45, 2.75) is 82.5 Å². The van der Waals surface area contributed by atoms with Crippen LogP contribution < -0.4 is 9.64 Å². The normalized spacial score (nSPS) is 22.9. The number of rotatable bonds is 5. The van der Waals surface area contributed by atoms with Gasteiger partial charge in [0.1, 0.15) is 35.1 Å². The zero-order valence-electron chi connectivity index (χ0n) is 30.1. The van der Waals surface area contributed by atoms with Crippen LogP contribution in [-0.2, 0) is 15.9 Å². The van der Waals surface area contributed by atoms with E-state index in [1.54, 1.807) is 49.9 Å². The number of alkyl halides is 3. The first-order chi connectivity index (χ1) is 25.6. The van der Waals surface area contributed by atoms with Crippen LogP contribution in [0.15, 0.2) is 30.3 Å². The number of aryl methyl sites for hydroxylation is 1. The highest BCUT2D eigenvalue weighted by Gasteiger charge is 2.52. The molecule has 54 heavy (non-hydrogen) atoms. The Morgan fingerprint density at radius 2 is 1.85 bits per heavy atom. The summed E-state index contributed by atoms with van der Waals surface area (Å²) in [6.07, 6.45) is 1.86. The van der Waals surface area contributed by atoms with Crippen LogP contribution in [0.2, 0.25) is 0 Å². The molecule has 6 heterocycles. The third-order valence-electron chi connectivity index (χ3n) is 10.9. The van der Waals surface area contributed by atoms with Gasteiger partial charge >= 0.3 is 18.5 Å². The van der Waals surface area contributed by atoms with Gasteiger partial charge in [0.25, 0.3) is 0 Å². The van der Waals surface area contributed by atoms with Gasteiger partial charge in [0.05, 0.1) is 28.3 Å². The Labute approximate surface area is 308 Å². The van der Waals surface area contributed by atoms with Gasteiger partial charge in [-0.15, -0.1) is 19.6 Å². The summed E-state index contributed by atoms with van der Waals surface area (Å²) in [7, 11) is 0. The largest absolute Gasteiger partial charge is 0.522 e. The second-order valence-electron chi connectivity index (χ2n) is 15.5. The Kier molecular flexibility index (Phi) is 8.84. The summed E-state index contributed by atoms with van der Waals surface area (Å²) >= 11 is 0. The van der Waals surface area contributed by atoms with Gasteiger partial charge in [0, 0.05) is 43.2 Å². The summed E-state index contributed by atoms with van der Waals surface area (Å²) < 4.78 is 88.1. The van der Waals surface area contributed by atoms with Gasteiger partial charge in [-0.05, 0) is 70.9 Å². The Balaban J connectivity index is 1.23. The Morgan fingerprint density at radius 3 is 2.61 bits per heavy atom. The van der Waals surface area contributed by atoms with E-state index in [2.05, 4.69) is 15.6 Å². The highest BCUT2D eigenvalue weighted by Crippen LogP contribution is 2.44. The fourth-order valence-electron chi connectivity index (χ4n) is 8.64. The number of ether oxygens (including phenoxy) is 3. The van der Waals surface area contributed by atoms with E-state index in [-0.39, 0.29) is 48.4 Å². The molecule has 0 saturated carbocycles. The highest BCUT2D eigenvalue weighted by atomic mass is 19.4. The third kappa shape index (κ3) is 6.53. The molecule has 3 saturated heterocycles. The zero-order chi connectivity index (χ0) is 38.2. The number of hydrogen-bond donors (Lipinski definition) is 0. The maximum Gasteiger partial charge on any atom is 0.522 e. The number of benzene rings is 2. The van der Waals surface area contributed by atoms with Crippen molar-refractivity contribution < 1.29 is 41.0 Å². The summed E-state index contributed by atoms with van der Waals surface area (Å²) in [5.41, 5.74) is -0.778. The Bertz CT molecular complexity index is 2200. The fourth-order valence-corrected chi connectivity index (χ4v) is 8.64. The predicted octanol–water partition coefficient (Wildman–Crippen LogP) is 7.00. The van der Waals surface area contributed by atoms with Crippen LogP contribution in [0.25, 0.3) is 32.9 Å². The number of carbonyl (C=O) groups excluding carboxylic acids is 1. The molecule has 0 unspecified atom stereocenters. The molecule has 1 amide bonds. The number of carbonyl (C=O) groups is 1. The topological polar surface area (TPSA) is 93.2 Å². The quantitative estimate of drug-likeness (QED) is 0.158. The maximum absolute atomic E-state index is 17.2. The summed E-state index contributed by atoms with van der Waals surface area (Å²) in [5.74, 6) is 1.39. The molecule has 0 N–H and O–H groups in total. The van der Waals surface area contributed by atoms with Gasteiger partial charge in [0.15, 0.2) is 5.82 Å². The van der Waals surface area contributed by atoms with Gasteiger partial charge in [0.2, 0.25) is 0 Å². The predicted molar refractivity (Wildman–Crippen MR) is 190 cm³/mol. The number of aromatic nitrogens is 3. The Hall–Kier alpha value is -4.81. The van der Waals surface area contributed by atoms with E-state index in [0.717, 1.165) is 6.42 Å². The molecule has 4 aliphatic heterocycles. The second-order valence-corrected chi connectivity index (χ2v) is 15.5. The van der Waals surface area contributed by atoms with Crippen molar-refractivity contribution in [2.24, 2.45) is 0 Å². The molecular weight excluding hydrogens is 711 g/mol. The number of pyridine rings is 1. The lowest BCUT2D eigenvalue weighted by Crippen LogP contribution is -2.55. The fraction of sp³-hybridized carbons (Fsp3) is 0.487. The average Bonchev–Trinajstić information content (AvgIpc) is 3.59. The summed E-state index contributed by atoms with van der Waals surface area (Å²) in [6, 6.07) is 7.55. The molecule has 15 heteroatoms.